The standard InChI is InChI=1S/C12H14ClNO3S2/c1-14(7-6-11-3-2-8-18-11)19(15,16)12-5-4-10(9-13)17-12/h2-5,8H,6-7,9H2,1H3. The number of rotatable bonds is 6. The number of hydrogen-bond donors (Lipinski definition) is 0. The number of halogens is 1. The molecule has 104 valence electrons. The monoisotopic (exact) mass is 319 g/mol. The lowest BCUT2D eigenvalue weighted by atomic mass is 10.3. The summed E-state index contributed by atoms with van der Waals surface area (Å²) in [5, 5.41) is 1.92. The van der Waals surface area contributed by atoms with Crippen LogP contribution in [0, 0.1) is 0 Å². The number of alkyl halides is 1. The van der Waals surface area contributed by atoms with Crippen molar-refractivity contribution in [2.75, 3.05) is 13.6 Å². The van der Waals surface area contributed by atoms with E-state index in [9.17, 15) is 8.42 Å². The highest BCUT2D eigenvalue weighted by molar-refractivity contribution is 7.89. The molecule has 2 aromatic heterocycles. The van der Waals surface area contributed by atoms with Crippen molar-refractivity contribution in [3.63, 3.8) is 0 Å². The molecular weight excluding hydrogens is 306 g/mol. The Kier molecular flexibility index (Phi) is 4.67. The van der Waals surface area contributed by atoms with E-state index < -0.39 is 10.0 Å². The van der Waals surface area contributed by atoms with E-state index in [-0.39, 0.29) is 11.0 Å². The molecule has 0 radical (unpaired) electrons. The second-order valence-corrected chi connectivity index (χ2v) is 7.29. The van der Waals surface area contributed by atoms with Crippen LogP contribution in [-0.2, 0) is 22.3 Å². The molecule has 7 heteroatoms. The average molecular weight is 320 g/mol. The van der Waals surface area contributed by atoms with Crippen LogP contribution in [0.2, 0.25) is 0 Å². The van der Waals surface area contributed by atoms with Crippen molar-refractivity contribution < 1.29 is 12.8 Å². The minimum absolute atomic E-state index is 0.0585. The van der Waals surface area contributed by atoms with E-state index in [1.807, 2.05) is 17.5 Å². The van der Waals surface area contributed by atoms with Crippen molar-refractivity contribution in [1.82, 2.24) is 4.31 Å². The molecule has 0 bridgehead atoms. The van der Waals surface area contributed by atoms with Gasteiger partial charge < -0.3 is 4.42 Å². The fourth-order valence-corrected chi connectivity index (χ4v) is 3.50. The second kappa shape index (κ2) is 6.09. The lowest BCUT2D eigenvalue weighted by Crippen LogP contribution is -2.28. The maximum atomic E-state index is 12.2. The van der Waals surface area contributed by atoms with Gasteiger partial charge in [0.15, 0.2) is 0 Å². The predicted octanol–water partition coefficient (Wildman–Crippen LogP) is 2.94. The summed E-state index contributed by atoms with van der Waals surface area (Å²) < 4.78 is 30.9. The predicted molar refractivity (Wildman–Crippen MR) is 76.1 cm³/mol. The van der Waals surface area contributed by atoms with E-state index in [0.29, 0.717) is 18.7 Å². The summed E-state index contributed by atoms with van der Waals surface area (Å²) >= 11 is 7.21. The van der Waals surface area contributed by atoms with Gasteiger partial charge in [0.2, 0.25) is 5.09 Å². The van der Waals surface area contributed by atoms with Crippen LogP contribution in [0.25, 0.3) is 0 Å². The van der Waals surface area contributed by atoms with Crippen LogP contribution in [0.15, 0.2) is 39.2 Å². The van der Waals surface area contributed by atoms with Gasteiger partial charge in [-0.2, -0.15) is 4.31 Å². The van der Waals surface area contributed by atoms with Gasteiger partial charge >= 0.3 is 0 Å². The molecule has 2 rings (SSSR count). The van der Waals surface area contributed by atoms with E-state index in [4.69, 9.17) is 16.0 Å². The van der Waals surface area contributed by atoms with Gasteiger partial charge in [-0.1, -0.05) is 6.07 Å². The Morgan fingerprint density at radius 2 is 2.16 bits per heavy atom. The number of thiophene rings is 1. The topological polar surface area (TPSA) is 50.5 Å². The number of nitrogens with zero attached hydrogens (tertiary/aromatic N) is 1. The molecule has 2 heterocycles. The fourth-order valence-electron chi connectivity index (χ4n) is 1.56. The molecule has 0 fully saturated rings. The molecule has 0 aromatic carbocycles. The zero-order valence-electron chi connectivity index (χ0n) is 10.4. The van der Waals surface area contributed by atoms with Crippen LogP contribution in [-0.4, -0.2) is 26.3 Å². The molecule has 0 spiro atoms. The van der Waals surface area contributed by atoms with Gasteiger partial charge in [-0.05, 0) is 30.0 Å². The zero-order valence-corrected chi connectivity index (χ0v) is 12.8. The Labute approximate surface area is 121 Å². The van der Waals surface area contributed by atoms with Crippen molar-refractivity contribution in [2.45, 2.75) is 17.4 Å². The quantitative estimate of drug-likeness (QED) is 0.769. The molecule has 0 N–H and O–H groups in total. The van der Waals surface area contributed by atoms with Crippen LogP contribution in [0.3, 0.4) is 0 Å². The van der Waals surface area contributed by atoms with Crippen molar-refractivity contribution in [1.29, 1.82) is 0 Å². The Bertz CT molecular complexity index is 619. The molecule has 0 saturated heterocycles. The zero-order chi connectivity index (χ0) is 13.9. The van der Waals surface area contributed by atoms with Crippen molar-refractivity contribution in [2.24, 2.45) is 0 Å². The smallest absolute Gasteiger partial charge is 0.276 e. The van der Waals surface area contributed by atoms with Crippen LogP contribution >= 0.6 is 22.9 Å². The third kappa shape index (κ3) is 3.39. The van der Waals surface area contributed by atoms with Crippen LogP contribution < -0.4 is 0 Å². The van der Waals surface area contributed by atoms with Crippen molar-refractivity contribution >= 4 is 33.0 Å². The fraction of sp³-hybridized carbons (Fsp3) is 0.333. The number of likely N-dealkylation sites (N-methyl/N-ethyl adjacent to an activating group) is 1. The van der Waals surface area contributed by atoms with Gasteiger partial charge in [-0.25, -0.2) is 8.42 Å². The summed E-state index contributed by atoms with van der Waals surface area (Å²) in [5.74, 6) is 0.612. The third-order valence-electron chi connectivity index (χ3n) is 2.69. The first-order valence-corrected chi connectivity index (χ1v) is 8.53. The maximum absolute atomic E-state index is 12.2. The molecule has 19 heavy (non-hydrogen) atoms. The summed E-state index contributed by atoms with van der Waals surface area (Å²) in [6.07, 6.45) is 0.691. The van der Waals surface area contributed by atoms with E-state index in [0.717, 1.165) is 4.88 Å². The number of furan rings is 1. The normalized spacial score (nSPS) is 12.2. The Morgan fingerprint density at radius 1 is 1.37 bits per heavy atom. The summed E-state index contributed by atoms with van der Waals surface area (Å²) in [6, 6.07) is 6.96. The first-order valence-electron chi connectivity index (χ1n) is 5.67. The molecule has 0 aliphatic heterocycles. The second-order valence-electron chi connectivity index (χ2n) is 4.01. The number of sulfonamides is 1. The van der Waals surface area contributed by atoms with Gasteiger partial charge in [0, 0.05) is 18.5 Å². The van der Waals surface area contributed by atoms with E-state index in [1.54, 1.807) is 24.5 Å². The molecule has 0 saturated carbocycles. The van der Waals surface area contributed by atoms with E-state index >= 15 is 0 Å². The lowest BCUT2D eigenvalue weighted by Gasteiger charge is -2.14. The Morgan fingerprint density at radius 3 is 2.74 bits per heavy atom. The van der Waals surface area contributed by atoms with Crippen LogP contribution in [0.5, 0.6) is 0 Å². The molecule has 2 aromatic rings. The molecule has 0 amide bonds. The summed E-state index contributed by atoms with van der Waals surface area (Å²) in [7, 11) is -2.02. The highest BCUT2D eigenvalue weighted by Gasteiger charge is 2.24. The van der Waals surface area contributed by atoms with Gasteiger partial charge in [0.1, 0.15) is 5.76 Å². The van der Waals surface area contributed by atoms with Gasteiger partial charge in [0.05, 0.1) is 5.88 Å². The maximum Gasteiger partial charge on any atom is 0.276 e. The van der Waals surface area contributed by atoms with Crippen LogP contribution in [0.1, 0.15) is 10.6 Å². The molecular formula is C12H14ClNO3S2. The highest BCUT2D eigenvalue weighted by atomic mass is 35.5. The first kappa shape index (κ1) is 14.6. The van der Waals surface area contributed by atoms with Crippen LogP contribution in [0.4, 0.5) is 0 Å². The Balaban J connectivity index is 2.06. The third-order valence-corrected chi connectivity index (χ3v) is 5.62. The van der Waals surface area contributed by atoms with E-state index in [2.05, 4.69) is 0 Å². The van der Waals surface area contributed by atoms with Gasteiger partial charge in [-0.15, -0.1) is 22.9 Å². The SMILES string of the molecule is CN(CCc1cccs1)S(=O)(=O)c1ccc(CCl)o1. The Hall–Kier alpha value is -0.820. The van der Waals surface area contributed by atoms with Gasteiger partial charge in [0.25, 0.3) is 10.0 Å². The minimum atomic E-state index is -3.57. The molecule has 0 atom stereocenters. The average Bonchev–Trinajstić information content (AvgIpc) is 3.06. The molecule has 4 nitrogen and oxygen atoms in total. The first-order chi connectivity index (χ1) is 9.04. The van der Waals surface area contributed by atoms with Crippen molar-refractivity contribution in [3.8, 4) is 0 Å². The van der Waals surface area contributed by atoms with E-state index in [1.165, 1.54) is 10.4 Å². The summed E-state index contributed by atoms with van der Waals surface area (Å²) in [5.41, 5.74) is 0. The summed E-state index contributed by atoms with van der Waals surface area (Å²) in [4.78, 5) is 1.16. The molecule has 0 unspecified atom stereocenters. The molecule has 0 aliphatic rings. The minimum Gasteiger partial charge on any atom is -0.447 e. The number of hydrogen-bond acceptors (Lipinski definition) is 4. The lowest BCUT2D eigenvalue weighted by molar-refractivity contribution is 0.396. The largest absolute Gasteiger partial charge is 0.447 e. The summed E-state index contributed by atoms with van der Waals surface area (Å²) in [6.45, 7) is 0.416. The van der Waals surface area contributed by atoms with Gasteiger partial charge in [-0.3, -0.25) is 0 Å². The highest BCUT2D eigenvalue weighted by Crippen LogP contribution is 2.19. The molecule has 0 aliphatic carbocycles. The van der Waals surface area contributed by atoms with Crippen molar-refractivity contribution in [3.05, 3.63) is 40.3 Å².